The molecule has 0 aliphatic carbocycles. The Labute approximate surface area is 100 Å². The Balaban J connectivity index is 2.35. The quantitative estimate of drug-likeness (QED) is 0.787. The monoisotopic (exact) mass is 236 g/mol. The normalized spacial score (nSPS) is 9.81. The summed E-state index contributed by atoms with van der Waals surface area (Å²) in [7, 11) is 1.79. The molecule has 0 bridgehead atoms. The Morgan fingerprint density at radius 3 is 2.94 bits per heavy atom. The van der Waals surface area contributed by atoms with Crippen molar-refractivity contribution in [1.82, 2.24) is 4.90 Å². The van der Waals surface area contributed by atoms with E-state index in [1.54, 1.807) is 23.3 Å². The minimum Gasteiger partial charge on any atom is -0.345 e. The van der Waals surface area contributed by atoms with Crippen LogP contribution in [0.5, 0.6) is 0 Å². The maximum absolute atomic E-state index is 11.5. The lowest BCUT2D eigenvalue weighted by Gasteiger charge is -2.16. The second-order valence-corrected chi connectivity index (χ2v) is 4.75. The van der Waals surface area contributed by atoms with E-state index in [0.717, 1.165) is 13.0 Å². The van der Waals surface area contributed by atoms with Gasteiger partial charge in [0.25, 0.3) is 0 Å². The Morgan fingerprint density at radius 1 is 1.62 bits per heavy atom. The van der Waals surface area contributed by atoms with Gasteiger partial charge in [-0.1, -0.05) is 0 Å². The fourth-order valence-corrected chi connectivity index (χ4v) is 2.31. The van der Waals surface area contributed by atoms with Gasteiger partial charge in [-0.15, -0.1) is 11.3 Å². The maximum atomic E-state index is 11.5. The van der Waals surface area contributed by atoms with Gasteiger partial charge in [0.2, 0.25) is 5.91 Å². The number of nitriles is 1. The summed E-state index contributed by atoms with van der Waals surface area (Å²) < 4.78 is 0. The lowest BCUT2D eigenvalue weighted by atomic mass is 10.2. The van der Waals surface area contributed by atoms with Gasteiger partial charge in [-0.25, -0.2) is 0 Å². The molecule has 3 nitrogen and oxygen atoms in total. The zero-order valence-corrected chi connectivity index (χ0v) is 10.5. The highest BCUT2D eigenvalue weighted by atomic mass is 32.1. The Bertz CT molecular complexity index is 392. The van der Waals surface area contributed by atoms with E-state index in [2.05, 4.69) is 18.4 Å². The molecular weight excluding hydrogens is 220 g/mol. The molecule has 1 amide bonds. The van der Waals surface area contributed by atoms with Crippen molar-refractivity contribution in [3.05, 3.63) is 21.9 Å². The average molecular weight is 236 g/mol. The average Bonchev–Trinajstić information content (AvgIpc) is 2.68. The van der Waals surface area contributed by atoms with Crippen LogP contribution in [0.15, 0.2) is 11.4 Å². The van der Waals surface area contributed by atoms with Crippen LogP contribution >= 0.6 is 11.3 Å². The van der Waals surface area contributed by atoms with Gasteiger partial charge < -0.3 is 4.90 Å². The fraction of sp³-hybridized carbons (Fsp3) is 0.500. The van der Waals surface area contributed by atoms with Crippen LogP contribution in [0.1, 0.15) is 23.3 Å². The molecule has 0 spiro atoms. The predicted molar refractivity (Wildman–Crippen MR) is 65.2 cm³/mol. The zero-order valence-electron chi connectivity index (χ0n) is 9.69. The summed E-state index contributed by atoms with van der Waals surface area (Å²) in [5.74, 6) is 0.0516. The first kappa shape index (κ1) is 12.7. The Kier molecular flexibility index (Phi) is 5.00. The summed E-state index contributed by atoms with van der Waals surface area (Å²) >= 11 is 1.73. The first-order valence-electron chi connectivity index (χ1n) is 5.29. The molecule has 16 heavy (non-hydrogen) atoms. The van der Waals surface area contributed by atoms with Crippen molar-refractivity contribution in [1.29, 1.82) is 5.26 Å². The lowest BCUT2D eigenvalue weighted by Crippen LogP contribution is -2.28. The lowest BCUT2D eigenvalue weighted by molar-refractivity contribution is -0.129. The molecule has 4 heteroatoms. The molecule has 0 radical (unpaired) electrons. The third-order valence-corrected chi connectivity index (χ3v) is 3.60. The molecule has 0 saturated heterocycles. The minimum atomic E-state index is 0.0516. The van der Waals surface area contributed by atoms with E-state index >= 15 is 0 Å². The second-order valence-electron chi connectivity index (χ2n) is 3.75. The number of likely N-dealkylation sites (N-methyl/N-ethyl adjacent to an activating group) is 1. The number of thiophene rings is 1. The molecule has 1 aromatic heterocycles. The van der Waals surface area contributed by atoms with Crippen molar-refractivity contribution >= 4 is 17.2 Å². The minimum absolute atomic E-state index is 0.0516. The van der Waals surface area contributed by atoms with Crippen molar-refractivity contribution in [2.45, 2.75) is 26.2 Å². The highest BCUT2D eigenvalue weighted by Gasteiger charge is 2.09. The van der Waals surface area contributed by atoms with Crippen molar-refractivity contribution in [2.24, 2.45) is 0 Å². The first-order valence-corrected chi connectivity index (χ1v) is 6.17. The third kappa shape index (κ3) is 3.67. The van der Waals surface area contributed by atoms with Crippen LogP contribution in [0.3, 0.4) is 0 Å². The molecule has 0 aliphatic heterocycles. The van der Waals surface area contributed by atoms with E-state index in [0.29, 0.717) is 12.8 Å². The van der Waals surface area contributed by atoms with E-state index in [1.165, 1.54) is 10.4 Å². The van der Waals surface area contributed by atoms with Crippen LogP contribution in [0.2, 0.25) is 0 Å². The van der Waals surface area contributed by atoms with E-state index in [9.17, 15) is 4.79 Å². The van der Waals surface area contributed by atoms with Gasteiger partial charge in [0.05, 0.1) is 6.07 Å². The molecule has 0 saturated carbocycles. The van der Waals surface area contributed by atoms with Gasteiger partial charge in [-0.05, 0) is 30.4 Å². The van der Waals surface area contributed by atoms with Crippen LogP contribution in [-0.2, 0) is 11.2 Å². The number of aryl methyl sites for hydroxylation is 1. The second kappa shape index (κ2) is 6.29. The van der Waals surface area contributed by atoms with Gasteiger partial charge >= 0.3 is 0 Å². The SMILES string of the molecule is Cc1ccsc1CCN(C)C(=O)CCC#N. The molecule has 1 heterocycles. The third-order valence-electron chi connectivity index (χ3n) is 2.52. The van der Waals surface area contributed by atoms with Crippen LogP contribution in [-0.4, -0.2) is 24.4 Å². The highest BCUT2D eigenvalue weighted by molar-refractivity contribution is 7.10. The Hall–Kier alpha value is -1.34. The van der Waals surface area contributed by atoms with Crippen molar-refractivity contribution < 1.29 is 4.79 Å². The van der Waals surface area contributed by atoms with Gasteiger partial charge in [-0.3, -0.25) is 4.79 Å². The van der Waals surface area contributed by atoms with Crippen LogP contribution in [0.4, 0.5) is 0 Å². The predicted octanol–water partition coefficient (Wildman–Crippen LogP) is 2.36. The van der Waals surface area contributed by atoms with Crippen molar-refractivity contribution in [3.8, 4) is 6.07 Å². The molecule has 0 aliphatic rings. The number of hydrogen-bond donors (Lipinski definition) is 0. The number of carbonyl (C=O) groups excluding carboxylic acids is 1. The molecule has 86 valence electrons. The van der Waals surface area contributed by atoms with Gasteiger partial charge in [-0.2, -0.15) is 5.26 Å². The van der Waals surface area contributed by atoms with E-state index < -0.39 is 0 Å². The number of carbonyl (C=O) groups is 1. The summed E-state index contributed by atoms with van der Waals surface area (Å²) in [6.07, 6.45) is 1.54. The first-order chi connectivity index (χ1) is 7.65. The summed E-state index contributed by atoms with van der Waals surface area (Å²) in [5, 5.41) is 10.5. The molecule has 1 rings (SSSR count). The number of nitrogens with zero attached hydrogens (tertiary/aromatic N) is 2. The van der Waals surface area contributed by atoms with E-state index in [-0.39, 0.29) is 5.91 Å². The maximum Gasteiger partial charge on any atom is 0.223 e. The van der Waals surface area contributed by atoms with Crippen molar-refractivity contribution in [2.75, 3.05) is 13.6 Å². The van der Waals surface area contributed by atoms with Crippen LogP contribution in [0.25, 0.3) is 0 Å². The summed E-state index contributed by atoms with van der Waals surface area (Å²) in [6.45, 7) is 2.81. The number of rotatable bonds is 5. The molecule has 0 fully saturated rings. The molecule has 0 aromatic carbocycles. The smallest absolute Gasteiger partial charge is 0.223 e. The van der Waals surface area contributed by atoms with E-state index in [1.807, 2.05) is 6.07 Å². The number of amides is 1. The van der Waals surface area contributed by atoms with Gasteiger partial charge in [0.1, 0.15) is 0 Å². The summed E-state index contributed by atoms with van der Waals surface area (Å²) in [5.41, 5.74) is 1.29. The highest BCUT2D eigenvalue weighted by Crippen LogP contribution is 2.16. The van der Waals surface area contributed by atoms with Crippen LogP contribution < -0.4 is 0 Å². The van der Waals surface area contributed by atoms with Crippen LogP contribution in [0, 0.1) is 18.3 Å². The molecule has 0 unspecified atom stereocenters. The number of hydrogen-bond acceptors (Lipinski definition) is 3. The standard InChI is InChI=1S/C12H16N2OS/c1-10-6-9-16-11(10)5-8-14(2)12(15)4-3-7-13/h6,9H,3-5,8H2,1-2H3. The van der Waals surface area contributed by atoms with E-state index in [4.69, 9.17) is 5.26 Å². The summed E-state index contributed by atoms with van der Waals surface area (Å²) in [6, 6.07) is 4.08. The van der Waals surface area contributed by atoms with Crippen molar-refractivity contribution in [3.63, 3.8) is 0 Å². The van der Waals surface area contributed by atoms with Gasteiger partial charge in [0.15, 0.2) is 0 Å². The zero-order chi connectivity index (χ0) is 12.0. The Morgan fingerprint density at radius 2 is 2.38 bits per heavy atom. The summed E-state index contributed by atoms with van der Waals surface area (Å²) in [4.78, 5) is 14.6. The molecule has 0 N–H and O–H groups in total. The fourth-order valence-electron chi connectivity index (χ4n) is 1.41. The molecular formula is C12H16N2OS. The van der Waals surface area contributed by atoms with Gasteiger partial charge in [0, 0.05) is 31.3 Å². The molecule has 0 atom stereocenters. The topological polar surface area (TPSA) is 44.1 Å². The largest absolute Gasteiger partial charge is 0.345 e. The molecule has 1 aromatic rings.